The molecule has 0 heterocycles. The molecule has 19 heavy (non-hydrogen) atoms. The number of alkyl halides is 1. The number of carbonyl (C=O) groups excluding carboxylic acids is 1. The molecule has 1 amide bonds. The van der Waals surface area contributed by atoms with Crippen molar-refractivity contribution in [2.45, 2.75) is 44.4 Å². The van der Waals surface area contributed by atoms with Gasteiger partial charge in [0, 0.05) is 0 Å². The molecule has 1 aromatic carbocycles. The van der Waals surface area contributed by atoms with Gasteiger partial charge in [-0.15, -0.1) is 0 Å². The number of rotatable bonds is 7. The lowest BCUT2D eigenvalue weighted by Gasteiger charge is -2.14. The summed E-state index contributed by atoms with van der Waals surface area (Å²) in [6.07, 6.45) is 0.834. The number of alkyl carbamates (subject to hydrolysis) is 1. The number of ether oxygens (including phenoxy) is 1. The zero-order valence-corrected chi connectivity index (χ0v) is 11.8. The average Bonchev–Trinajstić information content (AvgIpc) is 2.43. The van der Waals surface area contributed by atoms with Crippen molar-refractivity contribution in [1.82, 2.24) is 5.32 Å². The van der Waals surface area contributed by atoms with Crippen molar-refractivity contribution in [3.63, 3.8) is 0 Å². The van der Waals surface area contributed by atoms with E-state index in [-0.39, 0.29) is 12.7 Å². The molecule has 0 radical (unpaired) electrons. The largest absolute Gasteiger partial charge is 0.445 e. The first kappa shape index (κ1) is 15.8. The lowest BCUT2D eigenvalue weighted by Crippen LogP contribution is -2.32. The normalized spacial score (nSPS) is 13.6. The van der Waals surface area contributed by atoms with Gasteiger partial charge in [-0.3, -0.25) is 0 Å². The quantitative estimate of drug-likeness (QED) is 0.598. The standard InChI is InChI=1S/C14H20ClNO3/c1-2-12(17)8-9-13(15)16-14(18)19-10-11-6-4-3-5-7-11/h3-7,12-13,17H,2,8-10H2,1H3,(H,16,18). The van der Waals surface area contributed by atoms with Gasteiger partial charge >= 0.3 is 6.09 Å². The van der Waals surface area contributed by atoms with E-state index in [1.54, 1.807) is 0 Å². The molecule has 4 nitrogen and oxygen atoms in total. The second-order valence-electron chi connectivity index (χ2n) is 4.31. The number of nitrogens with one attached hydrogen (secondary N) is 1. The monoisotopic (exact) mass is 285 g/mol. The summed E-state index contributed by atoms with van der Waals surface area (Å²) in [5, 5.41) is 11.9. The van der Waals surface area contributed by atoms with Crippen molar-refractivity contribution in [1.29, 1.82) is 0 Å². The number of benzene rings is 1. The minimum atomic E-state index is -0.546. The fraction of sp³-hybridized carbons (Fsp3) is 0.500. The lowest BCUT2D eigenvalue weighted by molar-refractivity contribution is 0.134. The van der Waals surface area contributed by atoms with Crippen LogP contribution in [0.2, 0.25) is 0 Å². The Labute approximate surface area is 118 Å². The molecule has 2 N–H and O–H groups in total. The van der Waals surface area contributed by atoms with Crippen molar-refractivity contribution < 1.29 is 14.6 Å². The molecule has 0 aliphatic rings. The first-order valence-electron chi connectivity index (χ1n) is 6.41. The molecule has 1 rings (SSSR count). The molecule has 5 heteroatoms. The van der Waals surface area contributed by atoms with Gasteiger partial charge < -0.3 is 15.2 Å². The van der Waals surface area contributed by atoms with Crippen LogP contribution in [0.15, 0.2) is 30.3 Å². The van der Waals surface area contributed by atoms with Gasteiger partial charge in [-0.05, 0) is 24.8 Å². The molecule has 0 aromatic heterocycles. The number of amides is 1. The molecule has 0 saturated carbocycles. The molecule has 0 fully saturated rings. The number of carbonyl (C=O) groups is 1. The second-order valence-corrected chi connectivity index (χ2v) is 4.84. The molecule has 1 aromatic rings. The fourth-order valence-corrected chi connectivity index (χ4v) is 1.72. The van der Waals surface area contributed by atoms with E-state index in [1.807, 2.05) is 37.3 Å². The second kappa shape index (κ2) is 8.77. The summed E-state index contributed by atoms with van der Waals surface area (Å²) in [5.74, 6) is 0. The Morgan fingerprint density at radius 2 is 2.05 bits per heavy atom. The lowest BCUT2D eigenvalue weighted by atomic mass is 10.1. The molecule has 0 bridgehead atoms. The Hall–Kier alpha value is -1.26. The Bertz CT molecular complexity index is 372. The van der Waals surface area contributed by atoms with Crippen molar-refractivity contribution in [2.75, 3.05) is 0 Å². The molecule has 106 valence electrons. The van der Waals surface area contributed by atoms with E-state index in [9.17, 15) is 9.90 Å². The highest BCUT2D eigenvalue weighted by atomic mass is 35.5. The van der Waals surface area contributed by atoms with E-state index >= 15 is 0 Å². The SMILES string of the molecule is CCC(O)CCC(Cl)NC(=O)OCc1ccccc1. The summed E-state index contributed by atoms with van der Waals surface area (Å²) in [6.45, 7) is 2.11. The van der Waals surface area contributed by atoms with E-state index in [2.05, 4.69) is 5.32 Å². The van der Waals surface area contributed by atoms with Gasteiger partial charge in [0.1, 0.15) is 12.1 Å². The van der Waals surface area contributed by atoms with Crippen LogP contribution in [0.4, 0.5) is 4.79 Å². The van der Waals surface area contributed by atoms with Gasteiger partial charge in [0.25, 0.3) is 0 Å². The first-order valence-corrected chi connectivity index (χ1v) is 6.84. The Balaban J connectivity index is 2.20. The van der Waals surface area contributed by atoms with Crippen LogP contribution in [0.5, 0.6) is 0 Å². The van der Waals surface area contributed by atoms with E-state index in [1.165, 1.54) is 0 Å². The summed E-state index contributed by atoms with van der Waals surface area (Å²) in [5.41, 5.74) is 0.398. The number of aliphatic hydroxyl groups excluding tert-OH is 1. The highest BCUT2D eigenvalue weighted by Gasteiger charge is 2.12. The molecule has 0 aliphatic carbocycles. The predicted molar refractivity (Wildman–Crippen MR) is 74.9 cm³/mol. The van der Waals surface area contributed by atoms with Crippen LogP contribution in [0, 0.1) is 0 Å². The highest BCUT2D eigenvalue weighted by Crippen LogP contribution is 2.08. The van der Waals surface area contributed by atoms with Crippen LogP contribution in [0.25, 0.3) is 0 Å². The smallest absolute Gasteiger partial charge is 0.408 e. The summed E-state index contributed by atoms with van der Waals surface area (Å²) < 4.78 is 5.03. The van der Waals surface area contributed by atoms with Crippen LogP contribution in [0.3, 0.4) is 0 Å². The third-order valence-corrected chi connectivity index (χ3v) is 3.04. The summed E-state index contributed by atoms with van der Waals surface area (Å²) >= 11 is 5.94. The maximum atomic E-state index is 11.5. The van der Waals surface area contributed by atoms with Crippen LogP contribution >= 0.6 is 11.6 Å². The topological polar surface area (TPSA) is 58.6 Å². The van der Waals surface area contributed by atoms with Crippen LogP contribution in [0.1, 0.15) is 31.7 Å². The Morgan fingerprint density at radius 3 is 2.68 bits per heavy atom. The van der Waals surface area contributed by atoms with E-state index in [4.69, 9.17) is 16.3 Å². The van der Waals surface area contributed by atoms with Crippen molar-refractivity contribution >= 4 is 17.7 Å². The van der Waals surface area contributed by atoms with Gasteiger partial charge in [-0.25, -0.2) is 4.79 Å². The first-order chi connectivity index (χ1) is 9.11. The zero-order chi connectivity index (χ0) is 14.1. The average molecular weight is 286 g/mol. The summed E-state index contributed by atoms with van der Waals surface area (Å²) in [4.78, 5) is 11.5. The summed E-state index contributed by atoms with van der Waals surface area (Å²) in [6, 6.07) is 9.42. The van der Waals surface area contributed by atoms with E-state index < -0.39 is 11.6 Å². The van der Waals surface area contributed by atoms with Crippen molar-refractivity contribution in [2.24, 2.45) is 0 Å². The minimum absolute atomic E-state index is 0.216. The van der Waals surface area contributed by atoms with Crippen molar-refractivity contribution in [3.05, 3.63) is 35.9 Å². The predicted octanol–water partition coefficient (Wildman–Crippen LogP) is 3.03. The number of hydrogen-bond acceptors (Lipinski definition) is 3. The van der Waals surface area contributed by atoms with Crippen LogP contribution in [-0.2, 0) is 11.3 Å². The molecule has 0 saturated heterocycles. The molecule has 2 atom stereocenters. The zero-order valence-electron chi connectivity index (χ0n) is 11.0. The molecular weight excluding hydrogens is 266 g/mol. The molecule has 2 unspecified atom stereocenters. The highest BCUT2D eigenvalue weighted by molar-refractivity contribution is 6.21. The third-order valence-electron chi connectivity index (χ3n) is 2.71. The van der Waals surface area contributed by atoms with Crippen LogP contribution < -0.4 is 5.32 Å². The minimum Gasteiger partial charge on any atom is -0.445 e. The number of aliphatic hydroxyl groups is 1. The molecular formula is C14H20ClNO3. The van der Waals surface area contributed by atoms with Gasteiger partial charge in [0.05, 0.1) is 6.10 Å². The fourth-order valence-electron chi connectivity index (χ4n) is 1.51. The molecule has 0 spiro atoms. The van der Waals surface area contributed by atoms with Gasteiger partial charge in [-0.1, -0.05) is 48.9 Å². The van der Waals surface area contributed by atoms with Gasteiger partial charge in [-0.2, -0.15) is 0 Å². The number of halogens is 1. The Kier molecular flexibility index (Phi) is 7.30. The molecule has 0 aliphatic heterocycles. The maximum absolute atomic E-state index is 11.5. The maximum Gasteiger partial charge on any atom is 0.408 e. The van der Waals surface area contributed by atoms with Gasteiger partial charge in [0.15, 0.2) is 0 Å². The van der Waals surface area contributed by atoms with Gasteiger partial charge in [0.2, 0.25) is 0 Å². The summed E-state index contributed by atoms with van der Waals surface area (Å²) in [7, 11) is 0. The van der Waals surface area contributed by atoms with E-state index in [0.29, 0.717) is 19.3 Å². The van der Waals surface area contributed by atoms with Crippen LogP contribution in [-0.4, -0.2) is 22.8 Å². The third kappa shape index (κ3) is 7.03. The number of hydrogen-bond donors (Lipinski definition) is 2. The van der Waals surface area contributed by atoms with Crippen molar-refractivity contribution in [3.8, 4) is 0 Å². The van der Waals surface area contributed by atoms with E-state index in [0.717, 1.165) is 5.56 Å². The Morgan fingerprint density at radius 1 is 1.37 bits per heavy atom.